The molecule has 0 bridgehead atoms. The van der Waals surface area contributed by atoms with Gasteiger partial charge in [-0.15, -0.1) is 12.4 Å². The van der Waals surface area contributed by atoms with Gasteiger partial charge < -0.3 is 15.2 Å². The van der Waals surface area contributed by atoms with Gasteiger partial charge in [0.05, 0.1) is 0 Å². The number of nitrogens with two attached hydrogens (primary N) is 1. The first kappa shape index (κ1) is 15.4. The minimum absolute atomic E-state index is 0. The Labute approximate surface area is 126 Å². The molecule has 0 amide bonds. The Bertz CT molecular complexity index is 455. The molecule has 2 aliphatic heterocycles. The van der Waals surface area contributed by atoms with Crippen LogP contribution < -0.4 is 15.2 Å². The second-order valence-corrected chi connectivity index (χ2v) is 5.64. The minimum atomic E-state index is 0. The third-order valence-electron chi connectivity index (χ3n) is 4.07. The average Bonchev–Trinajstić information content (AvgIpc) is 2.43. The molecule has 5 heteroatoms. The van der Waals surface area contributed by atoms with Crippen LogP contribution in [0, 0.1) is 5.92 Å². The number of halogens is 1. The molecule has 2 heterocycles. The van der Waals surface area contributed by atoms with Crippen molar-refractivity contribution < 1.29 is 9.47 Å². The van der Waals surface area contributed by atoms with E-state index in [0.717, 1.165) is 37.6 Å². The quantitative estimate of drug-likeness (QED) is 0.908. The number of fused-ring (bicyclic) bond motifs is 1. The van der Waals surface area contributed by atoms with Gasteiger partial charge in [0.25, 0.3) is 0 Å². The second-order valence-electron chi connectivity index (χ2n) is 5.64. The number of hydrogen-bond acceptors (Lipinski definition) is 4. The van der Waals surface area contributed by atoms with Crippen molar-refractivity contribution >= 4 is 12.4 Å². The molecule has 2 unspecified atom stereocenters. The Balaban J connectivity index is 0.00000147. The molecule has 3 rings (SSSR count). The normalized spacial score (nSPS) is 25.9. The average molecular weight is 299 g/mol. The van der Waals surface area contributed by atoms with Crippen LogP contribution in [0.3, 0.4) is 0 Å². The third kappa shape index (κ3) is 3.37. The maximum absolute atomic E-state index is 6.06. The van der Waals surface area contributed by atoms with E-state index >= 15 is 0 Å². The molecule has 1 fully saturated rings. The molecule has 0 spiro atoms. The lowest BCUT2D eigenvalue weighted by molar-refractivity contribution is 0.156. The molecule has 0 saturated carbocycles. The van der Waals surface area contributed by atoms with Crippen LogP contribution in [0.5, 0.6) is 11.5 Å². The maximum atomic E-state index is 6.06. The van der Waals surface area contributed by atoms with E-state index in [1.807, 2.05) is 6.07 Å². The number of rotatable bonds is 2. The Morgan fingerprint density at radius 1 is 1.25 bits per heavy atom. The van der Waals surface area contributed by atoms with Crippen LogP contribution >= 0.6 is 12.4 Å². The lowest BCUT2D eigenvalue weighted by Crippen LogP contribution is -2.45. The van der Waals surface area contributed by atoms with E-state index in [4.69, 9.17) is 15.2 Å². The van der Waals surface area contributed by atoms with Crippen LogP contribution in [0.1, 0.15) is 18.9 Å². The van der Waals surface area contributed by atoms with Crippen molar-refractivity contribution in [2.24, 2.45) is 11.7 Å². The molecule has 1 saturated heterocycles. The fraction of sp³-hybridized carbons (Fsp3) is 0.600. The zero-order valence-corrected chi connectivity index (χ0v) is 12.7. The zero-order chi connectivity index (χ0) is 13.2. The van der Waals surface area contributed by atoms with E-state index in [0.29, 0.717) is 25.2 Å². The Morgan fingerprint density at radius 2 is 2.00 bits per heavy atom. The highest BCUT2D eigenvalue weighted by Gasteiger charge is 2.23. The highest BCUT2D eigenvalue weighted by atomic mass is 35.5. The lowest BCUT2D eigenvalue weighted by Gasteiger charge is -2.35. The Morgan fingerprint density at radius 3 is 2.75 bits per heavy atom. The monoisotopic (exact) mass is 298 g/mol. The highest BCUT2D eigenvalue weighted by molar-refractivity contribution is 5.85. The largest absolute Gasteiger partial charge is 0.486 e. The molecule has 0 aliphatic carbocycles. The van der Waals surface area contributed by atoms with Crippen LogP contribution in [0.2, 0.25) is 0 Å². The first-order chi connectivity index (χ1) is 9.22. The van der Waals surface area contributed by atoms with Gasteiger partial charge in [-0.2, -0.15) is 0 Å². The number of likely N-dealkylation sites (tertiary alicyclic amines) is 1. The highest BCUT2D eigenvalue weighted by Crippen LogP contribution is 2.31. The Kier molecular flexibility index (Phi) is 5.13. The van der Waals surface area contributed by atoms with Gasteiger partial charge >= 0.3 is 0 Å². The molecule has 2 N–H and O–H groups in total. The number of piperidine rings is 1. The van der Waals surface area contributed by atoms with E-state index in [9.17, 15) is 0 Å². The summed E-state index contributed by atoms with van der Waals surface area (Å²) in [6, 6.07) is 6.61. The van der Waals surface area contributed by atoms with E-state index in [2.05, 4.69) is 24.0 Å². The fourth-order valence-electron chi connectivity index (χ4n) is 2.84. The summed E-state index contributed by atoms with van der Waals surface area (Å²) in [4.78, 5) is 2.47. The lowest BCUT2D eigenvalue weighted by atomic mass is 9.94. The van der Waals surface area contributed by atoms with Crippen LogP contribution in [-0.2, 0) is 6.54 Å². The maximum Gasteiger partial charge on any atom is 0.161 e. The standard InChI is InChI=1S/C15H22N2O2.ClH/c1-11-9-17(5-4-13(11)16)10-12-2-3-14-15(8-12)19-7-6-18-14;/h2-3,8,11,13H,4-7,9-10,16H2,1H3;1H. The molecule has 2 aliphatic rings. The van der Waals surface area contributed by atoms with Gasteiger partial charge in [-0.25, -0.2) is 0 Å². The summed E-state index contributed by atoms with van der Waals surface area (Å²) in [5.41, 5.74) is 7.35. The minimum Gasteiger partial charge on any atom is -0.486 e. The van der Waals surface area contributed by atoms with E-state index in [1.165, 1.54) is 5.56 Å². The topological polar surface area (TPSA) is 47.7 Å². The van der Waals surface area contributed by atoms with Crippen molar-refractivity contribution in [2.75, 3.05) is 26.3 Å². The summed E-state index contributed by atoms with van der Waals surface area (Å²) in [6.07, 6.45) is 1.09. The van der Waals surface area contributed by atoms with Gasteiger partial charge in [0, 0.05) is 19.1 Å². The molecular formula is C15H23ClN2O2. The number of nitrogens with zero attached hydrogens (tertiary/aromatic N) is 1. The summed E-state index contributed by atoms with van der Waals surface area (Å²) in [6.45, 7) is 6.66. The smallest absolute Gasteiger partial charge is 0.161 e. The first-order valence-corrected chi connectivity index (χ1v) is 7.09. The molecular weight excluding hydrogens is 276 g/mol. The van der Waals surface area contributed by atoms with Crippen LogP contribution in [0.4, 0.5) is 0 Å². The second kappa shape index (κ2) is 6.66. The molecule has 0 radical (unpaired) electrons. The first-order valence-electron chi connectivity index (χ1n) is 7.09. The predicted molar refractivity (Wildman–Crippen MR) is 81.7 cm³/mol. The molecule has 0 aromatic heterocycles. The fourth-order valence-corrected chi connectivity index (χ4v) is 2.84. The summed E-state index contributed by atoms with van der Waals surface area (Å²) in [7, 11) is 0. The summed E-state index contributed by atoms with van der Waals surface area (Å²) in [5, 5.41) is 0. The predicted octanol–water partition coefficient (Wildman–Crippen LogP) is 2.05. The van der Waals surface area contributed by atoms with Crippen molar-refractivity contribution in [1.29, 1.82) is 0 Å². The van der Waals surface area contributed by atoms with Gasteiger partial charge in [0.15, 0.2) is 11.5 Å². The molecule has 112 valence electrons. The van der Waals surface area contributed by atoms with Crippen molar-refractivity contribution in [3.8, 4) is 11.5 Å². The van der Waals surface area contributed by atoms with E-state index in [-0.39, 0.29) is 12.4 Å². The summed E-state index contributed by atoms with van der Waals surface area (Å²) >= 11 is 0. The molecule has 1 aromatic rings. The number of benzene rings is 1. The molecule has 1 aromatic carbocycles. The number of hydrogen-bond donors (Lipinski definition) is 1. The van der Waals surface area contributed by atoms with Gasteiger partial charge in [-0.05, 0) is 36.6 Å². The van der Waals surface area contributed by atoms with Gasteiger partial charge in [-0.3, -0.25) is 4.90 Å². The Hall–Kier alpha value is -0.970. The van der Waals surface area contributed by atoms with Crippen LogP contribution in [0.15, 0.2) is 18.2 Å². The summed E-state index contributed by atoms with van der Waals surface area (Å²) in [5.74, 6) is 2.32. The van der Waals surface area contributed by atoms with Crippen LogP contribution in [-0.4, -0.2) is 37.2 Å². The molecule has 2 atom stereocenters. The zero-order valence-electron chi connectivity index (χ0n) is 11.9. The van der Waals surface area contributed by atoms with E-state index < -0.39 is 0 Å². The third-order valence-corrected chi connectivity index (χ3v) is 4.07. The van der Waals surface area contributed by atoms with Crippen molar-refractivity contribution in [3.05, 3.63) is 23.8 Å². The van der Waals surface area contributed by atoms with E-state index in [1.54, 1.807) is 0 Å². The van der Waals surface area contributed by atoms with Crippen molar-refractivity contribution in [3.63, 3.8) is 0 Å². The van der Waals surface area contributed by atoms with Crippen molar-refractivity contribution in [2.45, 2.75) is 25.9 Å². The SMILES string of the molecule is CC1CN(Cc2ccc3c(c2)OCCO3)CCC1N.Cl. The van der Waals surface area contributed by atoms with Gasteiger partial charge in [0.1, 0.15) is 13.2 Å². The van der Waals surface area contributed by atoms with Gasteiger partial charge in [0.2, 0.25) is 0 Å². The van der Waals surface area contributed by atoms with Crippen molar-refractivity contribution in [1.82, 2.24) is 4.90 Å². The molecule has 20 heavy (non-hydrogen) atoms. The number of ether oxygens (including phenoxy) is 2. The van der Waals surface area contributed by atoms with Gasteiger partial charge in [-0.1, -0.05) is 13.0 Å². The van der Waals surface area contributed by atoms with Crippen LogP contribution in [0.25, 0.3) is 0 Å². The summed E-state index contributed by atoms with van der Waals surface area (Å²) < 4.78 is 11.2. The molecule has 4 nitrogen and oxygen atoms in total.